The lowest BCUT2D eigenvalue weighted by Crippen LogP contribution is -2.35. The normalized spacial score (nSPS) is 17.0. The molecule has 18 heavy (non-hydrogen) atoms. The fourth-order valence-electron chi connectivity index (χ4n) is 2.34. The highest BCUT2D eigenvalue weighted by Crippen LogP contribution is 2.35. The highest BCUT2D eigenvalue weighted by atomic mass is 19.1. The van der Waals surface area contributed by atoms with Crippen LogP contribution in [-0.2, 0) is 0 Å². The van der Waals surface area contributed by atoms with E-state index in [1.807, 2.05) is 13.0 Å². The van der Waals surface area contributed by atoms with Gasteiger partial charge in [0.1, 0.15) is 5.82 Å². The zero-order valence-corrected chi connectivity index (χ0v) is 11.5. The van der Waals surface area contributed by atoms with E-state index in [0.717, 1.165) is 18.0 Å². The molecule has 0 amide bonds. The molecule has 1 aromatic carbocycles. The zero-order valence-electron chi connectivity index (χ0n) is 11.5. The molecule has 2 rings (SSSR count). The monoisotopic (exact) mass is 250 g/mol. The van der Waals surface area contributed by atoms with Gasteiger partial charge in [0.15, 0.2) is 0 Å². The zero-order chi connectivity index (χ0) is 13.3. The van der Waals surface area contributed by atoms with Gasteiger partial charge in [0.2, 0.25) is 0 Å². The van der Waals surface area contributed by atoms with Crippen molar-refractivity contribution in [2.75, 3.05) is 11.4 Å². The lowest BCUT2D eigenvalue weighted by atomic mass is 10.0. The van der Waals surface area contributed by atoms with Gasteiger partial charge in [-0.15, -0.1) is 0 Å². The molecule has 1 unspecified atom stereocenters. The third kappa shape index (κ3) is 2.83. The maximum absolute atomic E-state index is 14.2. The minimum Gasteiger partial charge on any atom is -0.366 e. The van der Waals surface area contributed by atoms with Crippen LogP contribution in [0.4, 0.5) is 10.1 Å². The summed E-state index contributed by atoms with van der Waals surface area (Å²) in [5.74, 6) is 0.576. The summed E-state index contributed by atoms with van der Waals surface area (Å²) in [7, 11) is 0. The molecule has 1 atom stereocenters. The van der Waals surface area contributed by atoms with Crippen molar-refractivity contribution in [2.24, 2.45) is 11.7 Å². The average Bonchev–Trinajstić information content (AvgIpc) is 3.09. The molecule has 3 heteroatoms. The van der Waals surface area contributed by atoms with Gasteiger partial charge in [0, 0.05) is 18.6 Å². The van der Waals surface area contributed by atoms with Gasteiger partial charge in [0.05, 0.1) is 5.69 Å². The van der Waals surface area contributed by atoms with Crippen molar-refractivity contribution in [3.05, 3.63) is 29.6 Å². The minimum absolute atomic E-state index is 0.142. The van der Waals surface area contributed by atoms with Gasteiger partial charge < -0.3 is 10.6 Å². The van der Waals surface area contributed by atoms with E-state index in [0.29, 0.717) is 11.7 Å². The molecule has 1 aromatic rings. The van der Waals surface area contributed by atoms with Crippen molar-refractivity contribution in [1.82, 2.24) is 0 Å². The van der Waals surface area contributed by atoms with Crippen molar-refractivity contribution in [2.45, 2.75) is 45.7 Å². The molecule has 0 spiro atoms. The molecule has 0 saturated heterocycles. The number of anilines is 1. The van der Waals surface area contributed by atoms with E-state index >= 15 is 0 Å². The molecular formula is C15H23FN2. The second kappa shape index (κ2) is 5.27. The number of halogens is 1. The SMILES string of the molecule is CC(N)c1cccc(F)c1N(CC1CC1)C(C)C. The van der Waals surface area contributed by atoms with Crippen LogP contribution in [0.5, 0.6) is 0 Å². The van der Waals surface area contributed by atoms with E-state index in [1.165, 1.54) is 18.9 Å². The Morgan fingerprint density at radius 3 is 2.50 bits per heavy atom. The lowest BCUT2D eigenvalue weighted by Gasteiger charge is -2.32. The number of benzene rings is 1. The maximum Gasteiger partial charge on any atom is 0.146 e. The van der Waals surface area contributed by atoms with Gasteiger partial charge in [-0.05, 0) is 51.2 Å². The first-order chi connectivity index (χ1) is 8.50. The van der Waals surface area contributed by atoms with Crippen LogP contribution in [0.1, 0.15) is 45.2 Å². The lowest BCUT2D eigenvalue weighted by molar-refractivity contribution is 0.581. The van der Waals surface area contributed by atoms with Crippen molar-refractivity contribution in [3.63, 3.8) is 0 Å². The van der Waals surface area contributed by atoms with Crippen LogP contribution in [0.25, 0.3) is 0 Å². The molecule has 1 fully saturated rings. The Morgan fingerprint density at radius 2 is 2.00 bits per heavy atom. The fraction of sp³-hybridized carbons (Fsp3) is 0.600. The van der Waals surface area contributed by atoms with Crippen molar-refractivity contribution in [1.29, 1.82) is 0 Å². The first kappa shape index (κ1) is 13.3. The quantitative estimate of drug-likeness (QED) is 0.867. The number of nitrogens with two attached hydrogens (primary N) is 1. The Morgan fingerprint density at radius 1 is 1.33 bits per heavy atom. The fourth-order valence-corrected chi connectivity index (χ4v) is 2.34. The Kier molecular flexibility index (Phi) is 3.91. The molecule has 0 radical (unpaired) electrons. The summed E-state index contributed by atoms with van der Waals surface area (Å²) in [6.07, 6.45) is 2.54. The van der Waals surface area contributed by atoms with E-state index in [9.17, 15) is 4.39 Å². The summed E-state index contributed by atoms with van der Waals surface area (Å²) in [6, 6.07) is 5.36. The van der Waals surface area contributed by atoms with Gasteiger partial charge in [-0.2, -0.15) is 0 Å². The highest BCUT2D eigenvalue weighted by molar-refractivity contribution is 5.57. The van der Waals surface area contributed by atoms with E-state index in [-0.39, 0.29) is 11.9 Å². The van der Waals surface area contributed by atoms with Crippen LogP contribution in [0.15, 0.2) is 18.2 Å². The number of nitrogens with zero attached hydrogens (tertiary/aromatic N) is 1. The molecule has 100 valence electrons. The third-order valence-corrected chi connectivity index (χ3v) is 3.57. The largest absolute Gasteiger partial charge is 0.366 e. The predicted molar refractivity (Wildman–Crippen MR) is 74.2 cm³/mol. The van der Waals surface area contributed by atoms with Gasteiger partial charge in [-0.25, -0.2) is 4.39 Å². The van der Waals surface area contributed by atoms with E-state index in [4.69, 9.17) is 5.73 Å². The third-order valence-electron chi connectivity index (χ3n) is 3.57. The van der Waals surface area contributed by atoms with Crippen molar-refractivity contribution in [3.8, 4) is 0 Å². The van der Waals surface area contributed by atoms with Crippen LogP contribution in [0.2, 0.25) is 0 Å². The summed E-state index contributed by atoms with van der Waals surface area (Å²) in [5.41, 5.74) is 7.58. The topological polar surface area (TPSA) is 29.3 Å². The molecule has 1 saturated carbocycles. The second-order valence-electron chi connectivity index (χ2n) is 5.66. The van der Waals surface area contributed by atoms with Crippen LogP contribution >= 0.6 is 0 Å². The van der Waals surface area contributed by atoms with Crippen LogP contribution in [0, 0.1) is 11.7 Å². The summed E-state index contributed by atoms with van der Waals surface area (Å²) < 4.78 is 14.2. The number of hydrogen-bond donors (Lipinski definition) is 1. The first-order valence-electron chi connectivity index (χ1n) is 6.81. The molecule has 0 aromatic heterocycles. The Labute approximate surface area is 109 Å². The van der Waals surface area contributed by atoms with Crippen LogP contribution < -0.4 is 10.6 Å². The van der Waals surface area contributed by atoms with Crippen molar-refractivity contribution >= 4 is 5.69 Å². The molecule has 1 aliphatic carbocycles. The first-order valence-corrected chi connectivity index (χ1v) is 6.81. The number of rotatable bonds is 5. The van der Waals surface area contributed by atoms with E-state index in [2.05, 4.69) is 18.7 Å². The predicted octanol–water partition coefficient (Wildman–Crippen LogP) is 3.47. The summed E-state index contributed by atoms with van der Waals surface area (Å²) in [4.78, 5) is 2.17. The van der Waals surface area contributed by atoms with Gasteiger partial charge in [-0.3, -0.25) is 0 Å². The van der Waals surface area contributed by atoms with Crippen LogP contribution in [-0.4, -0.2) is 12.6 Å². The average molecular weight is 250 g/mol. The smallest absolute Gasteiger partial charge is 0.146 e. The van der Waals surface area contributed by atoms with E-state index in [1.54, 1.807) is 6.07 Å². The maximum atomic E-state index is 14.2. The van der Waals surface area contributed by atoms with E-state index < -0.39 is 0 Å². The summed E-state index contributed by atoms with van der Waals surface area (Å²) in [6.45, 7) is 7.08. The molecule has 1 aliphatic rings. The van der Waals surface area contributed by atoms with Gasteiger partial charge >= 0.3 is 0 Å². The summed E-state index contributed by atoms with van der Waals surface area (Å²) >= 11 is 0. The standard InChI is InChI=1S/C15H23FN2/c1-10(2)18(9-12-7-8-12)15-13(11(3)17)5-4-6-14(15)16/h4-6,10-12H,7-9,17H2,1-3H3. The Balaban J connectivity index is 2.38. The molecule has 2 N–H and O–H groups in total. The van der Waals surface area contributed by atoms with Gasteiger partial charge in [0.25, 0.3) is 0 Å². The van der Waals surface area contributed by atoms with Crippen molar-refractivity contribution < 1.29 is 4.39 Å². The van der Waals surface area contributed by atoms with Crippen LogP contribution in [0.3, 0.4) is 0 Å². The Bertz CT molecular complexity index is 411. The highest BCUT2D eigenvalue weighted by Gasteiger charge is 2.28. The molecular weight excluding hydrogens is 227 g/mol. The second-order valence-corrected chi connectivity index (χ2v) is 5.66. The molecule has 2 nitrogen and oxygen atoms in total. The minimum atomic E-state index is -0.154. The number of para-hydroxylation sites is 1. The van der Waals surface area contributed by atoms with Gasteiger partial charge in [-0.1, -0.05) is 12.1 Å². The summed E-state index contributed by atoms with van der Waals surface area (Å²) in [5, 5.41) is 0. The molecule has 0 heterocycles. The molecule has 0 bridgehead atoms. The molecule has 0 aliphatic heterocycles. The Hall–Kier alpha value is -1.09. The number of hydrogen-bond acceptors (Lipinski definition) is 2.